The molecular weight excluding hydrogens is 460 g/mol. The smallest absolute Gasteiger partial charge is 0.261 e. The van der Waals surface area contributed by atoms with Crippen molar-refractivity contribution >= 4 is 21.4 Å². The Bertz CT molecular complexity index is 1390. The molecule has 2 aliphatic rings. The summed E-state index contributed by atoms with van der Waals surface area (Å²) >= 11 is 0. The second-order valence-electron chi connectivity index (χ2n) is 9.18. The molecule has 0 fully saturated rings. The number of benzene rings is 3. The maximum Gasteiger partial charge on any atom is 0.261 e. The molecule has 0 bridgehead atoms. The number of nitrogens with one attached hydrogen (secondary N) is 2. The van der Waals surface area contributed by atoms with E-state index in [0.717, 1.165) is 40.1 Å². The molecule has 5 rings (SSSR count). The maximum atomic E-state index is 13.3. The molecule has 182 valence electrons. The molecule has 3 atom stereocenters. The first-order chi connectivity index (χ1) is 16.8. The lowest BCUT2D eigenvalue weighted by Gasteiger charge is -2.38. The molecule has 1 heterocycles. The fourth-order valence-corrected chi connectivity index (χ4v) is 6.61. The van der Waals surface area contributed by atoms with Crippen molar-refractivity contribution in [2.75, 3.05) is 24.3 Å². The van der Waals surface area contributed by atoms with E-state index in [1.54, 1.807) is 20.3 Å². The lowest BCUT2D eigenvalue weighted by atomic mass is 9.77. The monoisotopic (exact) mass is 490 g/mol. The van der Waals surface area contributed by atoms with Crippen LogP contribution < -0.4 is 19.5 Å². The number of aryl methyl sites for hydroxylation is 2. The number of sulfonamides is 1. The van der Waals surface area contributed by atoms with E-state index in [1.807, 2.05) is 56.3 Å². The standard InChI is InChI=1S/C28H30N2O4S/c1-17-8-5-9-18(2)26(17)30-35(31,32)19-14-15-24-23(16-19)20-10-6-11-21(20)27(29-24)22-12-7-13-25(33-3)28(22)34-4/h5-10,12-16,20-21,27,29-30H,11H2,1-4H3/t20-,21-,27-/m1/s1. The van der Waals surface area contributed by atoms with Crippen molar-refractivity contribution in [3.63, 3.8) is 0 Å². The van der Waals surface area contributed by atoms with Crippen molar-refractivity contribution < 1.29 is 17.9 Å². The summed E-state index contributed by atoms with van der Waals surface area (Å²) in [4.78, 5) is 0.261. The van der Waals surface area contributed by atoms with Crippen LogP contribution in [0.25, 0.3) is 0 Å². The molecule has 2 N–H and O–H groups in total. The molecular formula is C28H30N2O4S. The van der Waals surface area contributed by atoms with Gasteiger partial charge in [-0.15, -0.1) is 0 Å². The molecule has 1 aliphatic carbocycles. The molecule has 6 nitrogen and oxygen atoms in total. The van der Waals surface area contributed by atoms with Crippen LogP contribution in [0.5, 0.6) is 11.5 Å². The number of allylic oxidation sites excluding steroid dienone is 2. The zero-order chi connectivity index (χ0) is 24.7. The molecule has 0 saturated heterocycles. The van der Waals surface area contributed by atoms with Crippen molar-refractivity contribution in [1.29, 1.82) is 0 Å². The van der Waals surface area contributed by atoms with E-state index in [-0.39, 0.29) is 22.8 Å². The summed E-state index contributed by atoms with van der Waals surface area (Å²) < 4.78 is 40.7. The average Bonchev–Trinajstić information content (AvgIpc) is 3.35. The van der Waals surface area contributed by atoms with Crippen molar-refractivity contribution in [2.24, 2.45) is 5.92 Å². The molecule has 7 heteroatoms. The van der Waals surface area contributed by atoms with Crippen molar-refractivity contribution in [3.05, 3.63) is 89.0 Å². The Morgan fingerprint density at radius 3 is 2.40 bits per heavy atom. The second-order valence-corrected chi connectivity index (χ2v) is 10.9. The second kappa shape index (κ2) is 8.96. The molecule has 0 radical (unpaired) electrons. The van der Waals surface area contributed by atoms with Gasteiger partial charge in [0.2, 0.25) is 0 Å². The van der Waals surface area contributed by atoms with Gasteiger partial charge in [-0.05, 0) is 67.1 Å². The number of anilines is 2. The summed E-state index contributed by atoms with van der Waals surface area (Å²) in [5, 5.41) is 3.67. The molecule has 1 aliphatic heterocycles. The number of rotatable bonds is 6. The summed E-state index contributed by atoms with van der Waals surface area (Å²) in [5.74, 6) is 1.74. The van der Waals surface area contributed by atoms with Crippen molar-refractivity contribution in [3.8, 4) is 11.5 Å². The van der Waals surface area contributed by atoms with Crippen LogP contribution in [0.3, 0.4) is 0 Å². The van der Waals surface area contributed by atoms with Gasteiger partial charge in [-0.25, -0.2) is 8.42 Å². The molecule has 0 unspecified atom stereocenters. The number of hydrogen-bond acceptors (Lipinski definition) is 5. The summed E-state index contributed by atoms with van der Waals surface area (Å²) in [5.41, 5.74) is 5.37. The van der Waals surface area contributed by atoms with E-state index in [9.17, 15) is 8.42 Å². The Morgan fingerprint density at radius 2 is 1.69 bits per heavy atom. The molecule has 35 heavy (non-hydrogen) atoms. The first-order valence-electron chi connectivity index (χ1n) is 11.7. The Hall–Kier alpha value is -3.45. The van der Waals surface area contributed by atoms with E-state index in [0.29, 0.717) is 11.4 Å². The molecule has 0 amide bonds. The summed E-state index contributed by atoms with van der Waals surface area (Å²) in [7, 11) is -0.450. The van der Waals surface area contributed by atoms with E-state index >= 15 is 0 Å². The van der Waals surface area contributed by atoms with Gasteiger partial charge in [-0.3, -0.25) is 4.72 Å². The highest BCUT2D eigenvalue weighted by Crippen LogP contribution is 2.52. The van der Waals surface area contributed by atoms with Crippen LogP contribution in [0, 0.1) is 19.8 Å². The lowest BCUT2D eigenvalue weighted by molar-refractivity contribution is 0.341. The molecule has 0 spiro atoms. The zero-order valence-electron chi connectivity index (χ0n) is 20.3. The van der Waals surface area contributed by atoms with Gasteiger partial charge in [0.05, 0.1) is 30.8 Å². The van der Waals surface area contributed by atoms with Crippen LogP contribution in [0.15, 0.2) is 71.6 Å². The lowest BCUT2D eigenvalue weighted by Crippen LogP contribution is -2.29. The summed E-state index contributed by atoms with van der Waals surface area (Å²) in [6.45, 7) is 3.81. The molecule has 0 saturated carbocycles. The number of fused-ring (bicyclic) bond motifs is 3. The largest absolute Gasteiger partial charge is 0.493 e. The van der Waals surface area contributed by atoms with E-state index < -0.39 is 10.0 Å². The SMILES string of the molecule is COc1cccc([C@@H]2Nc3ccc(S(=O)(=O)Nc4c(C)cccc4C)cc3[C@@H]3C=CC[C@H]32)c1OC. The van der Waals surface area contributed by atoms with Gasteiger partial charge in [-0.1, -0.05) is 42.5 Å². The van der Waals surface area contributed by atoms with Crippen LogP contribution in [0.4, 0.5) is 11.4 Å². The minimum Gasteiger partial charge on any atom is -0.493 e. The molecule has 0 aromatic heterocycles. The van der Waals surface area contributed by atoms with Gasteiger partial charge in [0.1, 0.15) is 0 Å². The first kappa shape index (κ1) is 23.3. The maximum absolute atomic E-state index is 13.3. The van der Waals surface area contributed by atoms with E-state index in [2.05, 4.69) is 28.3 Å². The van der Waals surface area contributed by atoms with Crippen molar-refractivity contribution in [1.82, 2.24) is 0 Å². The normalized spacial score (nSPS) is 20.5. The van der Waals surface area contributed by atoms with Crippen LogP contribution in [-0.2, 0) is 10.0 Å². The number of methoxy groups -OCH3 is 2. The highest BCUT2D eigenvalue weighted by atomic mass is 32.2. The van der Waals surface area contributed by atoms with Crippen molar-refractivity contribution in [2.45, 2.75) is 37.1 Å². The third kappa shape index (κ3) is 4.04. The average molecular weight is 491 g/mol. The summed E-state index contributed by atoms with van der Waals surface area (Å²) in [6, 6.07) is 17.0. The van der Waals surface area contributed by atoms with Gasteiger partial charge in [-0.2, -0.15) is 0 Å². The highest BCUT2D eigenvalue weighted by molar-refractivity contribution is 7.92. The Labute approximate surface area is 207 Å². The molecule has 3 aromatic carbocycles. The van der Waals surface area contributed by atoms with Crippen LogP contribution in [0.2, 0.25) is 0 Å². The molecule has 3 aromatic rings. The minimum absolute atomic E-state index is 0.00255. The summed E-state index contributed by atoms with van der Waals surface area (Å²) in [6.07, 6.45) is 5.26. The predicted octanol–water partition coefficient (Wildman–Crippen LogP) is 5.95. The fourth-order valence-electron chi connectivity index (χ4n) is 5.37. The number of ether oxygens (including phenoxy) is 2. The van der Waals surface area contributed by atoms with Crippen LogP contribution in [-0.4, -0.2) is 22.6 Å². The van der Waals surface area contributed by atoms with Gasteiger partial charge >= 0.3 is 0 Å². The van der Waals surface area contributed by atoms with E-state index in [4.69, 9.17) is 9.47 Å². The minimum atomic E-state index is -3.74. The van der Waals surface area contributed by atoms with E-state index in [1.165, 1.54) is 0 Å². The van der Waals surface area contributed by atoms with Gasteiger partial charge in [0, 0.05) is 17.2 Å². The number of para-hydroxylation sites is 2. The third-order valence-corrected chi connectivity index (χ3v) is 8.48. The van der Waals surface area contributed by atoms with Crippen LogP contribution in [0.1, 0.15) is 40.6 Å². The van der Waals surface area contributed by atoms with Gasteiger partial charge < -0.3 is 14.8 Å². The first-order valence-corrected chi connectivity index (χ1v) is 13.2. The zero-order valence-corrected chi connectivity index (χ0v) is 21.1. The number of hydrogen-bond donors (Lipinski definition) is 2. The Kier molecular flexibility index (Phi) is 5.97. The quantitative estimate of drug-likeness (QED) is 0.418. The van der Waals surface area contributed by atoms with Crippen LogP contribution >= 0.6 is 0 Å². The predicted molar refractivity (Wildman–Crippen MR) is 139 cm³/mol. The highest BCUT2D eigenvalue weighted by Gasteiger charge is 2.40. The Balaban J connectivity index is 1.53. The third-order valence-electron chi connectivity index (χ3n) is 7.13. The van der Waals surface area contributed by atoms with Gasteiger partial charge in [0.25, 0.3) is 10.0 Å². The fraction of sp³-hybridized carbons (Fsp3) is 0.286. The Morgan fingerprint density at radius 1 is 0.943 bits per heavy atom. The topological polar surface area (TPSA) is 76.7 Å². The van der Waals surface area contributed by atoms with Gasteiger partial charge in [0.15, 0.2) is 11.5 Å².